The zero-order valence-corrected chi connectivity index (χ0v) is 20.4. The summed E-state index contributed by atoms with van der Waals surface area (Å²) in [5, 5.41) is 12.4. The van der Waals surface area contributed by atoms with Crippen molar-refractivity contribution in [2.24, 2.45) is 0 Å². The Hall–Kier alpha value is -2.96. The van der Waals surface area contributed by atoms with Crippen molar-refractivity contribution in [1.82, 2.24) is 24.6 Å². The smallest absolute Gasteiger partial charge is 0.234 e. The van der Waals surface area contributed by atoms with E-state index in [1.807, 2.05) is 24.4 Å². The lowest BCUT2D eigenvalue weighted by Crippen LogP contribution is -2.39. The van der Waals surface area contributed by atoms with Gasteiger partial charge in [-0.05, 0) is 31.4 Å². The number of nitrogens with one attached hydrogen (secondary N) is 1. The van der Waals surface area contributed by atoms with Gasteiger partial charge in [-0.2, -0.15) is 4.98 Å². The molecule has 1 N–H and O–H groups in total. The van der Waals surface area contributed by atoms with Crippen LogP contribution < -0.4 is 10.1 Å². The Morgan fingerprint density at radius 1 is 1.18 bits per heavy atom. The molecule has 2 fully saturated rings. The molecule has 0 amide bonds. The second-order valence-corrected chi connectivity index (χ2v) is 14.6. The standard InChI is InChI=1S/C24H30N6O2Si/c1-33(2,3)12-10-18-14-25-24(27-23(18)32-20-15-31-16-20)26-19-8-6-7-17(13-19)22-29-28-21-9-4-5-11-30(21)22/h4-5,9,11,14,17,19-20H,6-8,13,15-16H2,1-3H3,(H,25,26,27)/t17-,19+/m0/s1. The summed E-state index contributed by atoms with van der Waals surface area (Å²) in [5.41, 5.74) is 5.02. The predicted octanol–water partition coefficient (Wildman–Crippen LogP) is 3.66. The third kappa shape index (κ3) is 5.18. The third-order valence-electron chi connectivity index (χ3n) is 5.92. The molecule has 33 heavy (non-hydrogen) atoms. The number of hydrogen-bond donors (Lipinski definition) is 1. The van der Waals surface area contributed by atoms with Gasteiger partial charge in [0.2, 0.25) is 11.8 Å². The second kappa shape index (κ2) is 9.12. The minimum absolute atomic E-state index is 0.0282. The van der Waals surface area contributed by atoms with Crippen molar-refractivity contribution in [2.75, 3.05) is 18.5 Å². The molecule has 2 atom stereocenters. The average Bonchev–Trinajstić information content (AvgIpc) is 3.19. The van der Waals surface area contributed by atoms with Crippen molar-refractivity contribution < 1.29 is 9.47 Å². The van der Waals surface area contributed by atoms with Gasteiger partial charge >= 0.3 is 0 Å². The van der Waals surface area contributed by atoms with Crippen molar-refractivity contribution in [3.05, 3.63) is 42.0 Å². The van der Waals surface area contributed by atoms with E-state index in [1.165, 1.54) is 0 Å². The zero-order valence-electron chi connectivity index (χ0n) is 19.4. The number of aromatic nitrogens is 5. The van der Waals surface area contributed by atoms with Gasteiger partial charge in [0, 0.05) is 18.2 Å². The molecule has 2 aliphatic rings. The molecule has 0 unspecified atom stereocenters. The maximum atomic E-state index is 6.08. The number of fused-ring (bicyclic) bond motifs is 1. The van der Waals surface area contributed by atoms with Crippen molar-refractivity contribution in [2.45, 2.75) is 63.4 Å². The Morgan fingerprint density at radius 2 is 2.06 bits per heavy atom. The number of nitrogens with zero attached hydrogens (tertiary/aromatic N) is 5. The Morgan fingerprint density at radius 3 is 2.85 bits per heavy atom. The van der Waals surface area contributed by atoms with E-state index in [0.717, 1.165) is 42.7 Å². The lowest BCUT2D eigenvalue weighted by molar-refractivity contribution is -0.0814. The molecule has 0 spiro atoms. The second-order valence-electron chi connectivity index (χ2n) is 9.88. The van der Waals surface area contributed by atoms with Crippen LogP contribution in [-0.2, 0) is 4.74 Å². The highest BCUT2D eigenvalue weighted by Crippen LogP contribution is 2.33. The van der Waals surface area contributed by atoms with E-state index in [0.29, 0.717) is 31.0 Å². The summed E-state index contributed by atoms with van der Waals surface area (Å²) in [7, 11) is -1.53. The highest BCUT2D eigenvalue weighted by Gasteiger charge is 2.28. The van der Waals surface area contributed by atoms with Gasteiger partial charge in [-0.25, -0.2) is 4.98 Å². The molecule has 1 aliphatic carbocycles. The topological polar surface area (TPSA) is 86.5 Å². The Kier molecular flexibility index (Phi) is 6.04. The molecular formula is C24H30N6O2Si. The lowest BCUT2D eigenvalue weighted by atomic mass is 9.85. The van der Waals surface area contributed by atoms with Gasteiger partial charge in [0.15, 0.2) is 5.65 Å². The molecule has 172 valence electrons. The van der Waals surface area contributed by atoms with Crippen LogP contribution in [0.2, 0.25) is 19.6 Å². The largest absolute Gasteiger partial charge is 0.468 e. The van der Waals surface area contributed by atoms with Crippen LogP contribution in [0.15, 0.2) is 30.6 Å². The van der Waals surface area contributed by atoms with Crippen LogP contribution in [0.25, 0.3) is 5.65 Å². The fraction of sp³-hybridized carbons (Fsp3) is 0.500. The number of pyridine rings is 1. The first-order chi connectivity index (χ1) is 15.9. The van der Waals surface area contributed by atoms with Gasteiger partial charge in [-0.15, -0.1) is 15.7 Å². The minimum atomic E-state index is -1.53. The van der Waals surface area contributed by atoms with E-state index < -0.39 is 8.07 Å². The van der Waals surface area contributed by atoms with Crippen LogP contribution in [0.4, 0.5) is 5.95 Å². The quantitative estimate of drug-likeness (QED) is 0.457. The summed E-state index contributed by atoms with van der Waals surface area (Å²) in [6, 6.07) is 6.26. The third-order valence-corrected chi connectivity index (χ3v) is 6.80. The molecule has 3 aromatic rings. The lowest BCUT2D eigenvalue weighted by Gasteiger charge is -2.29. The molecule has 1 saturated carbocycles. The fourth-order valence-corrected chi connectivity index (χ4v) is 4.69. The maximum Gasteiger partial charge on any atom is 0.234 e. The van der Waals surface area contributed by atoms with E-state index in [4.69, 9.17) is 14.5 Å². The molecule has 0 bridgehead atoms. The Bertz CT molecular complexity index is 1190. The first kappa shape index (κ1) is 21.9. The van der Waals surface area contributed by atoms with E-state index in [1.54, 1.807) is 6.20 Å². The van der Waals surface area contributed by atoms with Crippen LogP contribution >= 0.6 is 0 Å². The average molecular weight is 463 g/mol. The molecule has 0 radical (unpaired) electrons. The van der Waals surface area contributed by atoms with E-state index in [-0.39, 0.29) is 12.1 Å². The van der Waals surface area contributed by atoms with Crippen molar-refractivity contribution >= 4 is 19.7 Å². The molecule has 5 rings (SSSR count). The van der Waals surface area contributed by atoms with Crippen LogP contribution in [0.3, 0.4) is 0 Å². The van der Waals surface area contributed by atoms with Crippen LogP contribution in [0.1, 0.15) is 43.0 Å². The summed E-state index contributed by atoms with van der Waals surface area (Å²) in [6.45, 7) is 7.83. The number of hydrogen-bond acceptors (Lipinski definition) is 7. The zero-order chi connectivity index (χ0) is 22.8. The normalized spacial score (nSPS) is 21.2. The molecule has 0 aromatic carbocycles. The van der Waals surface area contributed by atoms with Crippen molar-refractivity contribution in [3.8, 4) is 17.3 Å². The van der Waals surface area contributed by atoms with Gasteiger partial charge in [-0.1, -0.05) is 38.0 Å². The van der Waals surface area contributed by atoms with Crippen molar-refractivity contribution in [1.29, 1.82) is 0 Å². The summed E-state index contributed by atoms with van der Waals surface area (Å²) in [5.74, 6) is 5.76. The predicted molar refractivity (Wildman–Crippen MR) is 129 cm³/mol. The monoisotopic (exact) mass is 462 g/mol. The van der Waals surface area contributed by atoms with Crippen LogP contribution in [0.5, 0.6) is 5.88 Å². The van der Waals surface area contributed by atoms with Gasteiger partial charge in [0.25, 0.3) is 0 Å². The minimum Gasteiger partial charge on any atom is -0.468 e. The van der Waals surface area contributed by atoms with Crippen molar-refractivity contribution in [3.63, 3.8) is 0 Å². The summed E-state index contributed by atoms with van der Waals surface area (Å²) in [4.78, 5) is 9.28. The van der Waals surface area contributed by atoms with Gasteiger partial charge in [0.05, 0.1) is 19.4 Å². The molecule has 1 saturated heterocycles. The Balaban J connectivity index is 1.33. The van der Waals surface area contributed by atoms with Gasteiger partial charge in [0.1, 0.15) is 25.6 Å². The molecule has 9 heteroatoms. The number of anilines is 1. The molecule has 4 heterocycles. The first-order valence-corrected chi connectivity index (χ1v) is 15.2. The van der Waals surface area contributed by atoms with E-state index in [2.05, 4.69) is 56.0 Å². The van der Waals surface area contributed by atoms with Gasteiger partial charge in [-0.3, -0.25) is 4.40 Å². The summed E-state index contributed by atoms with van der Waals surface area (Å²) < 4.78 is 13.4. The maximum absolute atomic E-state index is 6.08. The fourth-order valence-electron chi connectivity index (χ4n) is 4.18. The first-order valence-electron chi connectivity index (χ1n) is 11.7. The molecule has 1 aliphatic heterocycles. The molecular weight excluding hydrogens is 432 g/mol. The number of rotatable bonds is 5. The molecule has 3 aromatic heterocycles. The van der Waals surface area contributed by atoms with E-state index in [9.17, 15) is 0 Å². The summed E-state index contributed by atoms with van der Waals surface area (Å²) >= 11 is 0. The Labute approximate surface area is 195 Å². The molecule has 8 nitrogen and oxygen atoms in total. The highest BCUT2D eigenvalue weighted by atomic mass is 28.3. The van der Waals surface area contributed by atoms with Gasteiger partial charge < -0.3 is 14.8 Å². The van der Waals surface area contributed by atoms with E-state index >= 15 is 0 Å². The highest BCUT2D eigenvalue weighted by molar-refractivity contribution is 6.83. The van der Waals surface area contributed by atoms with Crippen LogP contribution in [0, 0.1) is 11.5 Å². The summed E-state index contributed by atoms with van der Waals surface area (Å²) in [6.07, 6.45) is 8.11. The number of ether oxygens (including phenoxy) is 2. The SMILES string of the molecule is C[Si](C)(C)C#Cc1cnc(N[C@@H]2CCC[C@H](c3nnc4ccccn34)C2)nc1OC1COC1. The van der Waals surface area contributed by atoms with Crippen LogP contribution in [-0.4, -0.2) is 58.0 Å².